The Morgan fingerprint density at radius 2 is 0.750 bits per heavy atom. The minimum Gasteiger partial charge on any atom is -0.265 e. The van der Waals surface area contributed by atoms with Gasteiger partial charge >= 0.3 is 0 Å². The highest BCUT2D eigenvalue weighted by atomic mass is 14.9. The van der Waals surface area contributed by atoms with Crippen LogP contribution in [0.2, 0.25) is 0 Å². The molecular formula is C60H44N4. The lowest BCUT2D eigenvalue weighted by atomic mass is 9.81. The zero-order valence-corrected chi connectivity index (χ0v) is 36.3. The molecule has 0 aliphatic heterocycles. The van der Waals surface area contributed by atoms with Gasteiger partial charge in [0.2, 0.25) is 0 Å². The quantitative estimate of drug-likeness (QED) is 0.168. The first-order chi connectivity index (χ1) is 31.2. The molecule has 0 spiro atoms. The van der Waals surface area contributed by atoms with Crippen LogP contribution < -0.4 is 0 Å². The van der Waals surface area contributed by atoms with Crippen molar-refractivity contribution in [3.63, 3.8) is 0 Å². The SMILES string of the molecule is CC1(C)c2ccccc2-c2ccc(-c3cc(-c4ccc5c(c4)C(C)(C)c4ccccc4-5)c4nc(-c5ccc(-c6ccncc6)cc5)nc(-c5ccc(-c6ccncc6)cc5)c4c3)cc21. The smallest absolute Gasteiger partial charge is 0.160 e. The summed E-state index contributed by atoms with van der Waals surface area (Å²) >= 11 is 0. The number of aromatic nitrogens is 4. The van der Waals surface area contributed by atoms with E-state index in [9.17, 15) is 0 Å². The zero-order valence-electron chi connectivity index (χ0n) is 36.3. The summed E-state index contributed by atoms with van der Waals surface area (Å²) in [7, 11) is 0. The molecule has 0 N–H and O–H groups in total. The van der Waals surface area contributed by atoms with E-state index in [1.807, 2.05) is 49.1 Å². The van der Waals surface area contributed by atoms with Gasteiger partial charge in [-0.2, -0.15) is 0 Å². The molecule has 304 valence electrons. The summed E-state index contributed by atoms with van der Waals surface area (Å²) in [6.07, 6.45) is 7.35. The van der Waals surface area contributed by atoms with Gasteiger partial charge in [-0.15, -0.1) is 0 Å². The molecular weight excluding hydrogens is 777 g/mol. The molecule has 0 radical (unpaired) electrons. The van der Waals surface area contributed by atoms with Crippen molar-refractivity contribution in [1.82, 2.24) is 19.9 Å². The number of nitrogens with zero attached hydrogens (tertiary/aromatic N) is 4. The Morgan fingerprint density at radius 1 is 0.312 bits per heavy atom. The monoisotopic (exact) mass is 820 g/mol. The molecule has 0 unspecified atom stereocenters. The maximum atomic E-state index is 5.56. The third-order valence-electron chi connectivity index (χ3n) is 13.9. The maximum absolute atomic E-state index is 5.56. The summed E-state index contributed by atoms with van der Waals surface area (Å²) in [6, 6.07) is 62.0. The molecule has 0 saturated carbocycles. The summed E-state index contributed by atoms with van der Waals surface area (Å²) in [5.74, 6) is 0.682. The van der Waals surface area contributed by atoms with Crippen LogP contribution in [0.15, 0.2) is 195 Å². The summed E-state index contributed by atoms with van der Waals surface area (Å²) in [5.41, 5.74) is 23.2. The molecule has 3 heterocycles. The Kier molecular flexibility index (Phi) is 8.51. The molecule has 7 aromatic carbocycles. The van der Waals surface area contributed by atoms with Gasteiger partial charge in [0.25, 0.3) is 0 Å². The average molecular weight is 821 g/mol. The van der Waals surface area contributed by atoms with Crippen molar-refractivity contribution in [2.75, 3.05) is 0 Å². The molecule has 4 heteroatoms. The Bertz CT molecular complexity index is 3460. The molecule has 2 aliphatic rings. The van der Waals surface area contributed by atoms with Crippen LogP contribution in [0.4, 0.5) is 0 Å². The fourth-order valence-corrected chi connectivity index (χ4v) is 10.4. The highest BCUT2D eigenvalue weighted by Gasteiger charge is 2.37. The van der Waals surface area contributed by atoms with Gasteiger partial charge in [0.15, 0.2) is 5.82 Å². The molecule has 4 nitrogen and oxygen atoms in total. The molecule has 0 fully saturated rings. The number of pyridine rings is 2. The fourth-order valence-electron chi connectivity index (χ4n) is 10.4. The minimum atomic E-state index is -0.158. The standard InChI is InChI=1S/C60H44N4/c1-59(2)52-11-7-5-9-46(52)48-23-21-43(35-54(48)59)45-33-50(44-22-24-49-47-10-6-8-12-53(47)60(3,4)55(49)36-44)57-51(34-45)56(41-17-13-37(14-18-41)39-25-29-61-30-26-39)63-58(64-57)42-19-15-38(16-20-42)40-27-31-62-32-28-40/h5-36H,1-4H3. The third-order valence-corrected chi connectivity index (χ3v) is 13.9. The van der Waals surface area contributed by atoms with Crippen molar-refractivity contribution in [3.8, 4) is 89.4 Å². The van der Waals surface area contributed by atoms with Crippen molar-refractivity contribution in [2.45, 2.75) is 38.5 Å². The van der Waals surface area contributed by atoms with Gasteiger partial charge in [-0.1, -0.05) is 149 Å². The number of benzene rings is 7. The van der Waals surface area contributed by atoms with E-state index in [-0.39, 0.29) is 10.8 Å². The van der Waals surface area contributed by atoms with Crippen molar-refractivity contribution >= 4 is 10.9 Å². The molecule has 0 atom stereocenters. The summed E-state index contributed by atoms with van der Waals surface area (Å²) in [6.45, 7) is 9.41. The Hall–Kier alpha value is -7.82. The second kappa shape index (κ2) is 14.4. The van der Waals surface area contributed by atoms with Crippen LogP contribution in [-0.2, 0) is 10.8 Å². The predicted octanol–water partition coefficient (Wildman–Crippen LogP) is 15.0. The fraction of sp³-hybridized carbons (Fsp3) is 0.100. The first-order valence-electron chi connectivity index (χ1n) is 22.1. The summed E-state index contributed by atoms with van der Waals surface area (Å²) < 4.78 is 0. The van der Waals surface area contributed by atoms with E-state index < -0.39 is 0 Å². The molecule has 12 rings (SSSR count). The van der Waals surface area contributed by atoms with Gasteiger partial charge in [-0.25, -0.2) is 9.97 Å². The Morgan fingerprint density at radius 3 is 1.31 bits per heavy atom. The van der Waals surface area contributed by atoms with Crippen LogP contribution in [0, 0.1) is 0 Å². The van der Waals surface area contributed by atoms with Crippen molar-refractivity contribution in [2.24, 2.45) is 0 Å². The number of hydrogen-bond donors (Lipinski definition) is 0. The minimum absolute atomic E-state index is 0.130. The van der Waals surface area contributed by atoms with Gasteiger partial charge < -0.3 is 0 Å². The molecule has 0 amide bonds. The largest absolute Gasteiger partial charge is 0.265 e. The molecule has 0 saturated heterocycles. The molecule has 0 bridgehead atoms. The lowest BCUT2D eigenvalue weighted by molar-refractivity contribution is 0.660. The molecule has 2 aliphatic carbocycles. The van der Waals surface area contributed by atoms with E-state index in [1.54, 1.807) is 0 Å². The van der Waals surface area contributed by atoms with E-state index in [2.05, 4.69) is 183 Å². The second-order valence-electron chi connectivity index (χ2n) is 18.3. The average Bonchev–Trinajstić information content (AvgIpc) is 3.72. The van der Waals surface area contributed by atoms with Gasteiger partial charge in [-0.05, 0) is 132 Å². The van der Waals surface area contributed by atoms with Crippen molar-refractivity contribution < 1.29 is 0 Å². The maximum Gasteiger partial charge on any atom is 0.160 e. The lowest BCUT2D eigenvalue weighted by Gasteiger charge is -2.23. The highest BCUT2D eigenvalue weighted by Crippen LogP contribution is 2.52. The first-order valence-corrected chi connectivity index (χ1v) is 22.1. The number of fused-ring (bicyclic) bond motifs is 7. The zero-order chi connectivity index (χ0) is 43.2. The van der Waals surface area contributed by atoms with Crippen LogP contribution in [0.3, 0.4) is 0 Å². The van der Waals surface area contributed by atoms with Gasteiger partial charge in [0.05, 0.1) is 11.2 Å². The number of hydrogen-bond acceptors (Lipinski definition) is 4. The Balaban J connectivity index is 1.11. The van der Waals surface area contributed by atoms with Gasteiger partial charge in [-0.3, -0.25) is 9.97 Å². The van der Waals surface area contributed by atoms with E-state index in [0.29, 0.717) is 5.82 Å². The molecule has 3 aromatic heterocycles. The van der Waals surface area contributed by atoms with E-state index in [1.165, 1.54) is 50.1 Å². The summed E-state index contributed by atoms with van der Waals surface area (Å²) in [5, 5.41) is 1.01. The Labute approximate surface area is 374 Å². The van der Waals surface area contributed by atoms with Gasteiger partial charge in [0, 0.05) is 57.7 Å². The predicted molar refractivity (Wildman–Crippen MR) is 263 cm³/mol. The second-order valence-corrected chi connectivity index (χ2v) is 18.3. The normalized spacial score (nSPS) is 13.9. The van der Waals surface area contributed by atoms with Gasteiger partial charge in [0.1, 0.15) is 0 Å². The van der Waals surface area contributed by atoms with Crippen molar-refractivity contribution in [1.29, 1.82) is 0 Å². The van der Waals surface area contributed by atoms with Crippen molar-refractivity contribution in [3.05, 3.63) is 217 Å². The van der Waals surface area contributed by atoms with Crippen LogP contribution in [-0.4, -0.2) is 19.9 Å². The molecule has 10 aromatic rings. The lowest BCUT2D eigenvalue weighted by Crippen LogP contribution is -2.15. The molecule has 64 heavy (non-hydrogen) atoms. The topological polar surface area (TPSA) is 51.6 Å². The van der Waals surface area contributed by atoms with Crippen LogP contribution in [0.25, 0.3) is 100 Å². The van der Waals surface area contributed by atoms with E-state index >= 15 is 0 Å². The first kappa shape index (κ1) is 37.9. The van der Waals surface area contributed by atoms with E-state index in [4.69, 9.17) is 9.97 Å². The summed E-state index contributed by atoms with van der Waals surface area (Å²) in [4.78, 5) is 19.5. The van der Waals surface area contributed by atoms with Crippen LogP contribution in [0.5, 0.6) is 0 Å². The van der Waals surface area contributed by atoms with Crippen LogP contribution in [0.1, 0.15) is 49.9 Å². The highest BCUT2D eigenvalue weighted by molar-refractivity contribution is 6.05. The number of rotatable bonds is 6. The third kappa shape index (κ3) is 5.97. The van der Waals surface area contributed by atoms with E-state index in [0.717, 1.165) is 66.7 Å². The van der Waals surface area contributed by atoms with Crippen LogP contribution >= 0.6 is 0 Å².